The minimum atomic E-state index is -1.09. The number of carboxylic acids is 1. The highest BCUT2D eigenvalue weighted by Gasteiger charge is 2.33. The van der Waals surface area contributed by atoms with E-state index in [-0.39, 0.29) is 23.9 Å². The first-order chi connectivity index (χ1) is 16.9. The number of thioether (sulfide) groups is 1. The number of amides is 1. The fourth-order valence-corrected chi connectivity index (χ4v) is 4.69. The molecule has 1 aliphatic rings. The van der Waals surface area contributed by atoms with Crippen LogP contribution in [0.15, 0.2) is 71.6 Å². The van der Waals surface area contributed by atoms with Crippen LogP contribution in [-0.4, -0.2) is 27.9 Å². The number of rotatable bonds is 8. The van der Waals surface area contributed by atoms with Crippen LogP contribution in [0.4, 0.5) is 10.1 Å². The number of ether oxygens (including phenoxy) is 2. The smallest absolute Gasteiger partial charge is 0.335 e. The van der Waals surface area contributed by atoms with Gasteiger partial charge in [-0.2, -0.15) is 0 Å². The number of hydrogen-bond donors (Lipinski definition) is 1. The summed E-state index contributed by atoms with van der Waals surface area (Å²) >= 11 is 6.51. The molecule has 0 aromatic heterocycles. The van der Waals surface area contributed by atoms with Gasteiger partial charge in [0.2, 0.25) is 0 Å². The highest BCUT2D eigenvalue weighted by atomic mass is 32.2. The molecule has 1 saturated heterocycles. The largest absolute Gasteiger partial charge is 0.490 e. The number of thiocarbonyl (C=S) groups is 1. The maximum Gasteiger partial charge on any atom is 0.335 e. The minimum Gasteiger partial charge on any atom is -0.490 e. The third kappa shape index (κ3) is 5.52. The number of carbonyl (C=O) groups excluding carboxylic acids is 1. The van der Waals surface area contributed by atoms with Crippen molar-refractivity contribution in [3.8, 4) is 11.5 Å². The lowest BCUT2D eigenvalue weighted by Gasteiger charge is -2.15. The highest BCUT2D eigenvalue weighted by Crippen LogP contribution is 2.37. The molecule has 6 nitrogen and oxygen atoms in total. The molecule has 1 heterocycles. The fourth-order valence-electron chi connectivity index (χ4n) is 3.39. The zero-order chi connectivity index (χ0) is 24.9. The summed E-state index contributed by atoms with van der Waals surface area (Å²) in [4.78, 5) is 26.1. The Hall–Kier alpha value is -3.69. The predicted molar refractivity (Wildman–Crippen MR) is 137 cm³/mol. The van der Waals surface area contributed by atoms with Crippen molar-refractivity contribution in [2.24, 2.45) is 0 Å². The molecule has 1 N–H and O–H groups in total. The molecule has 0 saturated carbocycles. The van der Waals surface area contributed by atoms with Gasteiger partial charge in [0, 0.05) is 5.56 Å². The van der Waals surface area contributed by atoms with Crippen molar-refractivity contribution < 1.29 is 28.6 Å². The first kappa shape index (κ1) is 24.4. The third-order valence-corrected chi connectivity index (χ3v) is 6.35. The average Bonchev–Trinajstić information content (AvgIpc) is 3.12. The Labute approximate surface area is 211 Å². The van der Waals surface area contributed by atoms with E-state index in [4.69, 9.17) is 21.7 Å². The molecule has 1 amide bonds. The van der Waals surface area contributed by atoms with E-state index in [9.17, 15) is 19.1 Å². The van der Waals surface area contributed by atoms with E-state index in [0.29, 0.717) is 44.1 Å². The lowest BCUT2D eigenvalue weighted by Crippen LogP contribution is -2.27. The standard InChI is InChI=1S/C26H20FNO5S2/c1-2-32-22-12-16(10-11-21(22)33-15-18-6-3-4-9-20(18)27)13-23-24(29)28(26(34)35-23)19-8-5-7-17(14-19)25(30)31/h3-14H,2,15H2,1H3,(H,30,31)/b23-13+. The molecule has 178 valence electrons. The van der Waals surface area contributed by atoms with Crippen LogP contribution in [-0.2, 0) is 11.4 Å². The number of benzene rings is 3. The summed E-state index contributed by atoms with van der Waals surface area (Å²) < 4.78 is 25.7. The second-order valence-corrected chi connectivity index (χ2v) is 9.07. The number of hydrogen-bond acceptors (Lipinski definition) is 6. The maximum atomic E-state index is 13.9. The summed E-state index contributed by atoms with van der Waals surface area (Å²) in [5.41, 5.74) is 1.57. The molecule has 0 radical (unpaired) electrons. The van der Waals surface area contributed by atoms with Crippen LogP contribution in [0.1, 0.15) is 28.4 Å². The molecule has 3 aromatic carbocycles. The molecule has 0 bridgehead atoms. The number of aromatic carboxylic acids is 1. The Balaban J connectivity index is 1.57. The minimum absolute atomic E-state index is 0.0418. The summed E-state index contributed by atoms with van der Waals surface area (Å²) in [6.07, 6.45) is 1.68. The SMILES string of the molecule is CCOc1cc(/C=C2/SC(=S)N(c3cccc(C(=O)O)c3)C2=O)ccc1OCc1ccccc1F. The molecular formula is C26H20FNO5S2. The molecule has 0 unspecified atom stereocenters. The fraction of sp³-hybridized carbons (Fsp3) is 0.115. The van der Waals surface area contributed by atoms with Gasteiger partial charge >= 0.3 is 5.97 Å². The predicted octanol–water partition coefficient (Wildman–Crippen LogP) is 5.91. The van der Waals surface area contributed by atoms with Gasteiger partial charge in [-0.05, 0) is 55.0 Å². The van der Waals surface area contributed by atoms with Gasteiger partial charge in [0.05, 0.1) is 22.8 Å². The second kappa shape index (κ2) is 10.7. The quantitative estimate of drug-likeness (QED) is 0.299. The molecular weight excluding hydrogens is 489 g/mol. The maximum absolute atomic E-state index is 13.9. The highest BCUT2D eigenvalue weighted by molar-refractivity contribution is 8.27. The van der Waals surface area contributed by atoms with Gasteiger partial charge in [-0.15, -0.1) is 0 Å². The van der Waals surface area contributed by atoms with Crippen LogP contribution in [0.2, 0.25) is 0 Å². The van der Waals surface area contributed by atoms with E-state index in [1.54, 1.807) is 54.6 Å². The zero-order valence-electron chi connectivity index (χ0n) is 18.6. The summed E-state index contributed by atoms with van der Waals surface area (Å²) in [7, 11) is 0. The lowest BCUT2D eigenvalue weighted by molar-refractivity contribution is -0.113. The van der Waals surface area contributed by atoms with Crippen LogP contribution >= 0.6 is 24.0 Å². The summed E-state index contributed by atoms with van der Waals surface area (Å²) in [5.74, 6) is -0.875. The number of nitrogens with zero attached hydrogens (tertiary/aromatic N) is 1. The van der Waals surface area contributed by atoms with Gasteiger partial charge in [-0.1, -0.05) is 54.3 Å². The zero-order valence-corrected chi connectivity index (χ0v) is 20.2. The van der Waals surface area contributed by atoms with Crippen molar-refractivity contribution >= 4 is 51.9 Å². The van der Waals surface area contributed by atoms with Gasteiger partial charge in [-0.3, -0.25) is 9.69 Å². The van der Waals surface area contributed by atoms with Gasteiger partial charge in [0.25, 0.3) is 5.91 Å². The van der Waals surface area contributed by atoms with E-state index >= 15 is 0 Å². The molecule has 1 aliphatic heterocycles. The Bertz CT molecular complexity index is 1340. The summed E-state index contributed by atoms with van der Waals surface area (Å²) in [6, 6.07) is 17.6. The van der Waals surface area contributed by atoms with Gasteiger partial charge < -0.3 is 14.6 Å². The Kier molecular flexibility index (Phi) is 7.48. The Morgan fingerprint density at radius 1 is 1.09 bits per heavy atom. The first-order valence-electron chi connectivity index (χ1n) is 10.6. The first-order valence-corrected chi connectivity index (χ1v) is 11.8. The van der Waals surface area contributed by atoms with Crippen molar-refractivity contribution in [2.45, 2.75) is 13.5 Å². The molecule has 3 aromatic rings. The van der Waals surface area contributed by atoms with Crippen molar-refractivity contribution in [1.82, 2.24) is 0 Å². The lowest BCUT2D eigenvalue weighted by atomic mass is 10.1. The number of carboxylic acid groups (broad SMARTS) is 1. The van der Waals surface area contributed by atoms with Gasteiger partial charge in [0.1, 0.15) is 12.4 Å². The van der Waals surface area contributed by atoms with E-state index < -0.39 is 5.97 Å². The normalized spacial score (nSPS) is 14.5. The summed E-state index contributed by atoms with van der Waals surface area (Å²) in [5, 5.41) is 9.25. The molecule has 0 spiro atoms. The Morgan fingerprint density at radius 3 is 2.63 bits per heavy atom. The third-order valence-electron chi connectivity index (χ3n) is 5.05. The van der Waals surface area contributed by atoms with E-state index in [0.717, 1.165) is 11.8 Å². The molecule has 0 aliphatic carbocycles. The van der Waals surface area contributed by atoms with Crippen LogP contribution in [0, 0.1) is 5.82 Å². The van der Waals surface area contributed by atoms with Crippen molar-refractivity contribution in [3.05, 3.63) is 94.1 Å². The number of carbonyl (C=O) groups is 2. The topological polar surface area (TPSA) is 76.1 Å². The number of anilines is 1. The molecule has 4 rings (SSSR count). The van der Waals surface area contributed by atoms with Crippen LogP contribution in [0.5, 0.6) is 11.5 Å². The van der Waals surface area contributed by atoms with Crippen LogP contribution in [0.3, 0.4) is 0 Å². The van der Waals surface area contributed by atoms with Gasteiger partial charge in [-0.25, -0.2) is 9.18 Å². The van der Waals surface area contributed by atoms with Crippen LogP contribution in [0.25, 0.3) is 6.08 Å². The molecule has 9 heteroatoms. The number of halogens is 1. The second-order valence-electron chi connectivity index (χ2n) is 7.39. The van der Waals surface area contributed by atoms with E-state index in [1.165, 1.54) is 23.1 Å². The Morgan fingerprint density at radius 2 is 1.89 bits per heavy atom. The van der Waals surface area contributed by atoms with Crippen LogP contribution < -0.4 is 14.4 Å². The van der Waals surface area contributed by atoms with Crippen molar-refractivity contribution in [3.63, 3.8) is 0 Å². The monoisotopic (exact) mass is 509 g/mol. The van der Waals surface area contributed by atoms with Crippen molar-refractivity contribution in [2.75, 3.05) is 11.5 Å². The molecule has 35 heavy (non-hydrogen) atoms. The molecule has 1 fully saturated rings. The molecule has 0 atom stereocenters. The van der Waals surface area contributed by atoms with Crippen molar-refractivity contribution in [1.29, 1.82) is 0 Å². The van der Waals surface area contributed by atoms with Gasteiger partial charge in [0.15, 0.2) is 15.8 Å². The summed E-state index contributed by atoms with van der Waals surface area (Å²) in [6.45, 7) is 2.27. The average molecular weight is 510 g/mol. The van der Waals surface area contributed by atoms with E-state index in [1.807, 2.05) is 6.92 Å². The van der Waals surface area contributed by atoms with E-state index in [2.05, 4.69) is 0 Å².